The van der Waals surface area contributed by atoms with Crippen molar-refractivity contribution in [1.29, 1.82) is 0 Å². The summed E-state index contributed by atoms with van der Waals surface area (Å²) in [6.07, 6.45) is 1.08. The first-order chi connectivity index (χ1) is 13.2. The lowest BCUT2D eigenvalue weighted by atomic mass is 9.91. The number of rotatable bonds is 4. The van der Waals surface area contributed by atoms with E-state index in [1.165, 1.54) is 16.8 Å². The Labute approximate surface area is 170 Å². The van der Waals surface area contributed by atoms with Crippen molar-refractivity contribution in [2.75, 3.05) is 44.8 Å². The van der Waals surface area contributed by atoms with Crippen molar-refractivity contribution in [1.82, 2.24) is 4.90 Å². The van der Waals surface area contributed by atoms with Gasteiger partial charge in [0, 0.05) is 29.8 Å². The number of likely N-dealkylation sites (N-methyl/N-ethyl adjacent to an activating group) is 1. The average Bonchev–Trinajstić information content (AvgIpc) is 2.73. The highest BCUT2D eigenvalue weighted by Gasteiger charge is 2.37. The molecule has 0 N–H and O–H groups in total. The molecule has 2 aromatic rings. The molecule has 0 bridgehead atoms. The van der Waals surface area contributed by atoms with Crippen molar-refractivity contribution in [2.24, 2.45) is 0 Å². The molecule has 1 fully saturated rings. The summed E-state index contributed by atoms with van der Waals surface area (Å²) in [5.41, 5.74) is 3.98. The molecule has 2 atom stereocenters. The van der Waals surface area contributed by atoms with Crippen LogP contribution in [0.15, 0.2) is 46.9 Å². The van der Waals surface area contributed by atoms with Crippen LogP contribution in [0.2, 0.25) is 0 Å². The molecule has 144 valence electrons. The second-order valence-corrected chi connectivity index (χ2v) is 8.15. The van der Waals surface area contributed by atoms with Gasteiger partial charge in [0.1, 0.15) is 11.9 Å². The van der Waals surface area contributed by atoms with Gasteiger partial charge in [-0.15, -0.1) is 0 Å². The molecular weight excluding hydrogens is 404 g/mol. The zero-order valence-electron chi connectivity index (χ0n) is 16.0. The third kappa shape index (κ3) is 3.86. The highest BCUT2D eigenvalue weighted by molar-refractivity contribution is 9.10. The quantitative estimate of drug-likeness (QED) is 0.722. The first-order valence-corrected chi connectivity index (χ1v) is 10.5. The molecule has 2 heterocycles. The molecule has 2 aliphatic rings. The number of benzene rings is 2. The van der Waals surface area contributed by atoms with Gasteiger partial charge in [-0.2, -0.15) is 0 Å². The molecule has 1 saturated heterocycles. The van der Waals surface area contributed by atoms with Crippen LogP contribution in [0.5, 0.6) is 5.75 Å². The molecule has 2 unspecified atom stereocenters. The molecule has 0 saturated carbocycles. The lowest BCUT2D eigenvalue weighted by Crippen LogP contribution is -2.56. The Hall–Kier alpha value is -1.56. The van der Waals surface area contributed by atoms with Crippen LogP contribution in [0.4, 0.5) is 5.69 Å². The van der Waals surface area contributed by atoms with Crippen LogP contribution in [-0.2, 0) is 11.2 Å². The van der Waals surface area contributed by atoms with Crippen LogP contribution in [-0.4, -0.2) is 50.8 Å². The predicted octanol–water partition coefficient (Wildman–Crippen LogP) is 4.28. The standard InChI is InChI=1S/C22H27BrN2O2/c1-3-24-11-12-25(18-6-8-19(26-2)9-7-18)21(15-24)22-20-14-17(23)5-4-16(20)10-13-27-22/h4-9,14,21-22H,3,10-13,15H2,1-2H3. The van der Waals surface area contributed by atoms with Gasteiger partial charge in [-0.3, -0.25) is 4.90 Å². The van der Waals surface area contributed by atoms with Crippen molar-refractivity contribution in [3.63, 3.8) is 0 Å². The molecule has 4 rings (SSSR count). The first kappa shape index (κ1) is 18.8. The van der Waals surface area contributed by atoms with Crippen molar-refractivity contribution in [3.8, 4) is 5.75 Å². The van der Waals surface area contributed by atoms with Gasteiger partial charge in [-0.1, -0.05) is 28.9 Å². The average molecular weight is 431 g/mol. The maximum atomic E-state index is 6.37. The normalized spacial score (nSPS) is 23.1. The van der Waals surface area contributed by atoms with Gasteiger partial charge in [-0.05, 0) is 60.5 Å². The van der Waals surface area contributed by atoms with E-state index >= 15 is 0 Å². The van der Waals surface area contributed by atoms with Crippen LogP contribution < -0.4 is 9.64 Å². The Balaban J connectivity index is 1.69. The maximum Gasteiger partial charge on any atom is 0.119 e. The van der Waals surface area contributed by atoms with E-state index in [9.17, 15) is 0 Å². The van der Waals surface area contributed by atoms with Crippen molar-refractivity contribution >= 4 is 21.6 Å². The van der Waals surface area contributed by atoms with Gasteiger partial charge in [0.2, 0.25) is 0 Å². The zero-order valence-corrected chi connectivity index (χ0v) is 17.6. The summed E-state index contributed by atoms with van der Waals surface area (Å²) in [7, 11) is 1.71. The Morgan fingerprint density at radius 3 is 2.70 bits per heavy atom. The molecule has 0 spiro atoms. The fourth-order valence-corrected chi connectivity index (χ4v) is 4.65. The molecule has 4 nitrogen and oxygen atoms in total. The Bertz CT molecular complexity index is 780. The smallest absolute Gasteiger partial charge is 0.119 e. The summed E-state index contributed by atoms with van der Waals surface area (Å²) in [6, 6.07) is 15.3. The third-order valence-corrected chi connectivity index (χ3v) is 6.28. The summed E-state index contributed by atoms with van der Waals surface area (Å²) in [6.45, 7) is 7.21. The summed E-state index contributed by atoms with van der Waals surface area (Å²) >= 11 is 3.65. The molecule has 5 heteroatoms. The fourth-order valence-electron chi connectivity index (χ4n) is 4.27. The Kier molecular flexibility index (Phi) is 5.71. The molecule has 0 aliphatic carbocycles. The van der Waals surface area contributed by atoms with E-state index in [0.29, 0.717) is 6.04 Å². The highest BCUT2D eigenvalue weighted by Crippen LogP contribution is 2.37. The minimum Gasteiger partial charge on any atom is -0.497 e. The topological polar surface area (TPSA) is 24.9 Å². The summed E-state index contributed by atoms with van der Waals surface area (Å²) in [4.78, 5) is 5.05. The molecule has 0 amide bonds. The van der Waals surface area contributed by atoms with Crippen LogP contribution >= 0.6 is 15.9 Å². The number of ether oxygens (including phenoxy) is 2. The van der Waals surface area contributed by atoms with E-state index < -0.39 is 0 Å². The maximum absolute atomic E-state index is 6.37. The van der Waals surface area contributed by atoms with Crippen molar-refractivity contribution < 1.29 is 9.47 Å². The SMILES string of the molecule is CCN1CCN(c2ccc(OC)cc2)C(C2OCCc3ccc(Br)cc32)C1. The van der Waals surface area contributed by atoms with Gasteiger partial charge in [0.15, 0.2) is 0 Å². The van der Waals surface area contributed by atoms with Gasteiger partial charge >= 0.3 is 0 Å². The molecule has 0 radical (unpaired) electrons. The van der Waals surface area contributed by atoms with Gasteiger partial charge in [-0.25, -0.2) is 0 Å². The highest BCUT2D eigenvalue weighted by atomic mass is 79.9. The fraction of sp³-hybridized carbons (Fsp3) is 0.455. The van der Waals surface area contributed by atoms with E-state index in [-0.39, 0.29) is 6.10 Å². The lowest BCUT2D eigenvalue weighted by molar-refractivity contribution is 0.00755. The van der Waals surface area contributed by atoms with E-state index in [2.05, 4.69) is 63.0 Å². The Morgan fingerprint density at radius 1 is 1.15 bits per heavy atom. The molecular formula is C22H27BrN2O2. The van der Waals surface area contributed by atoms with Crippen molar-refractivity contribution in [2.45, 2.75) is 25.5 Å². The zero-order chi connectivity index (χ0) is 18.8. The summed E-state index contributed by atoms with van der Waals surface area (Å²) < 4.78 is 12.8. The number of nitrogens with zero attached hydrogens (tertiary/aromatic N) is 2. The number of hydrogen-bond acceptors (Lipinski definition) is 4. The van der Waals surface area contributed by atoms with Gasteiger partial charge in [0.05, 0.1) is 19.8 Å². The summed E-state index contributed by atoms with van der Waals surface area (Å²) in [5, 5.41) is 0. The Morgan fingerprint density at radius 2 is 1.96 bits per heavy atom. The summed E-state index contributed by atoms with van der Waals surface area (Å²) in [5.74, 6) is 0.894. The monoisotopic (exact) mass is 430 g/mol. The second kappa shape index (κ2) is 8.21. The van der Waals surface area contributed by atoms with Crippen molar-refractivity contribution in [3.05, 3.63) is 58.1 Å². The van der Waals surface area contributed by atoms with E-state index in [1.54, 1.807) is 7.11 Å². The van der Waals surface area contributed by atoms with Gasteiger partial charge < -0.3 is 14.4 Å². The van der Waals surface area contributed by atoms with Gasteiger partial charge in [0.25, 0.3) is 0 Å². The van der Waals surface area contributed by atoms with Crippen LogP contribution in [0.1, 0.15) is 24.2 Å². The minimum atomic E-state index is 0.0858. The third-order valence-electron chi connectivity index (χ3n) is 5.79. The minimum absolute atomic E-state index is 0.0858. The van der Waals surface area contributed by atoms with Crippen LogP contribution in [0, 0.1) is 0 Å². The molecule has 0 aromatic heterocycles. The predicted molar refractivity (Wildman–Crippen MR) is 113 cm³/mol. The second-order valence-electron chi connectivity index (χ2n) is 7.24. The van der Waals surface area contributed by atoms with E-state index in [0.717, 1.165) is 49.4 Å². The van der Waals surface area contributed by atoms with Crippen LogP contribution in [0.3, 0.4) is 0 Å². The number of halogens is 1. The number of methoxy groups -OCH3 is 1. The van der Waals surface area contributed by atoms with E-state index in [4.69, 9.17) is 9.47 Å². The van der Waals surface area contributed by atoms with E-state index in [1.807, 2.05) is 12.1 Å². The number of piperazine rings is 1. The lowest BCUT2D eigenvalue weighted by Gasteiger charge is -2.47. The molecule has 27 heavy (non-hydrogen) atoms. The number of hydrogen-bond donors (Lipinski definition) is 0. The first-order valence-electron chi connectivity index (χ1n) is 9.72. The van der Waals surface area contributed by atoms with Crippen LogP contribution in [0.25, 0.3) is 0 Å². The largest absolute Gasteiger partial charge is 0.497 e. The molecule has 2 aliphatic heterocycles. The molecule has 2 aromatic carbocycles. The number of fused-ring (bicyclic) bond motifs is 1. The number of anilines is 1.